The van der Waals surface area contributed by atoms with Crippen molar-refractivity contribution in [3.05, 3.63) is 30.1 Å². The van der Waals surface area contributed by atoms with Crippen LogP contribution in [0.2, 0.25) is 0 Å². The fourth-order valence-corrected chi connectivity index (χ4v) is 2.28. The molecule has 17 heavy (non-hydrogen) atoms. The van der Waals surface area contributed by atoms with Gasteiger partial charge >= 0.3 is 0 Å². The van der Waals surface area contributed by atoms with Crippen molar-refractivity contribution in [3.63, 3.8) is 0 Å². The van der Waals surface area contributed by atoms with Gasteiger partial charge in [-0.3, -0.25) is 9.88 Å². The minimum Gasteiger partial charge on any atom is -0.329 e. The molecule has 0 saturated carbocycles. The Balaban J connectivity index is 0.00000128. The van der Waals surface area contributed by atoms with Crippen molar-refractivity contribution in [1.82, 2.24) is 9.88 Å². The Hall–Kier alpha value is -0.350. The lowest BCUT2D eigenvalue weighted by Crippen LogP contribution is -2.36. The van der Waals surface area contributed by atoms with E-state index in [-0.39, 0.29) is 24.8 Å². The summed E-state index contributed by atoms with van der Waals surface area (Å²) in [5.74, 6) is 0. The first-order valence-electron chi connectivity index (χ1n) is 5.73. The number of nitrogens with two attached hydrogens (primary N) is 1. The fraction of sp³-hybridized carbons (Fsp3) is 0.583. The summed E-state index contributed by atoms with van der Waals surface area (Å²) in [6.45, 7) is 3.13. The van der Waals surface area contributed by atoms with Gasteiger partial charge in [0, 0.05) is 31.5 Å². The molecular formula is C12H21Cl2N3. The van der Waals surface area contributed by atoms with Gasteiger partial charge in [-0.25, -0.2) is 0 Å². The number of rotatable bonds is 4. The number of nitrogens with zero attached hydrogens (tertiary/aromatic N) is 2. The smallest absolute Gasteiger partial charge is 0.0300 e. The Morgan fingerprint density at radius 2 is 2.24 bits per heavy atom. The summed E-state index contributed by atoms with van der Waals surface area (Å²) in [6.07, 6.45) is 7.43. The Morgan fingerprint density at radius 3 is 2.88 bits per heavy atom. The molecule has 0 aromatic carbocycles. The second-order valence-electron chi connectivity index (χ2n) is 4.18. The molecule has 2 heterocycles. The van der Waals surface area contributed by atoms with E-state index in [9.17, 15) is 0 Å². The van der Waals surface area contributed by atoms with Crippen LogP contribution in [0.3, 0.4) is 0 Å². The van der Waals surface area contributed by atoms with Gasteiger partial charge in [0.2, 0.25) is 0 Å². The van der Waals surface area contributed by atoms with Crippen LogP contribution in [0.5, 0.6) is 0 Å². The number of hydrogen-bond acceptors (Lipinski definition) is 3. The molecule has 1 aliphatic heterocycles. The molecule has 0 amide bonds. The SMILES string of the molecule is Cl.Cl.NCC1CCCN1CCc1cccnc1. The molecule has 0 radical (unpaired) electrons. The maximum Gasteiger partial charge on any atom is 0.0300 e. The van der Waals surface area contributed by atoms with E-state index in [4.69, 9.17) is 5.73 Å². The quantitative estimate of drug-likeness (QED) is 0.914. The Bertz CT molecular complexity index is 295. The molecule has 1 aromatic rings. The molecule has 5 heteroatoms. The lowest BCUT2D eigenvalue weighted by Gasteiger charge is -2.22. The van der Waals surface area contributed by atoms with Gasteiger partial charge in [0.1, 0.15) is 0 Å². The largest absolute Gasteiger partial charge is 0.329 e. The van der Waals surface area contributed by atoms with Gasteiger partial charge in [-0.15, -0.1) is 24.8 Å². The number of halogens is 2. The Kier molecular flexibility index (Phi) is 8.52. The third kappa shape index (κ3) is 4.80. The summed E-state index contributed by atoms with van der Waals surface area (Å²) in [4.78, 5) is 6.63. The first-order chi connectivity index (χ1) is 7.40. The minimum absolute atomic E-state index is 0. The normalized spacial score (nSPS) is 19.5. The molecule has 0 spiro atoms. The molecular weight excluding hydrogens is 257 g/mol. The molecule has 1 aromatic heterocycles. The van der Waals surface area contributed by atoms with Crippen LogP contribution in [0, 0.1) is 0 Å². The van der Waals surface area contributed by atoms with Gasteiger partial charge in [-0.05, 0) is 37.4 Å². The highest BCUT2D eigenvalue weighted by Crippen LogP contribution is 2.16. The summed E-state index contributed by atoms with van der Waals surface area (Å²) >= 11 is 0. The zero-order valence-electron chi connectivity index (χ0n) is 9.92. The maximum absolute atomic E-state index is 5.74. The predicted molar refractivity (Wildman–Crippen MR) is 76.1 cm³/mol. The standard InChI is InChI=1S/C12H19N3.2ClH/c13-9-12-4-2-7-15(12)8-5-11-3-1-6-14-10-11;;/h1,3,6,10,12H,2,4-5,7-9,13H2;2*1H. The number of likely N-dealkylation sites (tertiary alicyclic amines) is 1. The van der Waals surface area contributed by atoms with Crippen LogP contribution in [0.15, 0.2) is 24.5 Å². The topological polar surface area (TPSA) is 42.1 Å². The molecule has 98 valence electrons. The van der Waals surface area contributed by atoms with E-state index < -0.39 is 0 Å². The van der Waals surface area contributed by atoms with E-state index >= 15 is 0 Å². The van der Waals surface area contributed by atoms with Crippen molar-refractivity contribution in [2.24, 2.45) is 5.73 Å². The van der Waals surface area contributed by atoms with Crippen molar-refractivity contribution in [2.75, 3.05) is 19.6 Å². The second kappa shape index (κ2) is 8.70. The average Bonchev–Trinajstić information content (AvgIpc) is 2.75. The molecule has 1 unspecified atom stereocenters. The van der Waals surface area contributed by atoms with Crippen LogP contribution >= 0.6 is 24.8 Å². The molecule has 2 rings (SSSR count). The molecule has 1 fully saturated rings. The van der Waals surface area contributed by atoms with E-state index in [1.165, 1.54) is 24.9 Å². The first kappa shape index (κ1) is 16.6. The molecule has 1 saturated heterocycles. The van der Waals surface area contributed by atoms with Crippen LogP contribution in [0.1, 0.15) is 18.4 Å². The highest BCUT2D eigenvalue weighted by atomic mass is 35.5. The number of hydrogen-bond donors (Lipinski definition) is 1. The molecule has 0 aliphatic carbocycles. The molecule has 1 aliphatic rings. The summed E-state index contributed by atoms with van der Waals surface area (Å²) in [5.41, 5.74) is 7.06. The van der Waals surface area contributed by atoms with Gasteiger partial charge < -0.3 is 5.73 Å². The lowest BCUT2D eigenvalue weighted by molar-refractivity contribution is 0.262. The van der Waals surface area contributed by atoms with Crippen molar-refractivity contribution in [3.8, 4) is 0 Å². The Morgan fingerprint density at radius 1 is 1.41 bits per heavy atom. The monoisotopic (exact) mass is 277 g/mol. The van der Waals surface area contributed by atoms with Gasteiger partial charge in [0.05, 0.1) is 0 Å². The average molecular weight is 278 g/mol. The van der Waals surface area contributed by atoms with E-state index in [0.29, 0.717) is 6.04 Å². The van der Waals surface area contributed by atoms with E-state index in [1.807, 2.05) is 18.5 Å². The maximum atomic E-state index is 5.74. The molecule has 3 nitrogen and oxygen atoms in total. The minimum atomic E-state index is 0. The third-order valence-electron chi connectivity index (χ3n) is 3.18. The van der Waals surface area contributed by atoms with E-state index in [0.717, 1.165) is 19.5 Å². The van der Waals surface area contributed by atoms with Crippen LogP contribution in [-0.4, -0.2) is 35.6 Å². The number of pyridine rings is 1. The second-order valence-corrected chi connectivity index (χ2v) is 4.18. The van der Waals surface area contributed by atoms with Crippen LogP contribution in [0.25, 0.3) is 0 Å². The summed E-state index contributed by atoms with van der Waals surface area (Å²) in [6, 6.07) is 4.75. The summed E-state index contributed by atoms with van der Waals surface area (Å²) < 4.78 is 0. The van der Waals surface area contributed by atoms with Crippen molar-refractivity contribution >= 4 is 24.8 Å². The van der Waals surface area contributed by atoms with Crippen LogP contribution in [0.4, 0.5) is 0 Å². The predicted octanol–water partition coefficient (Wildman–Crippen LogP) is 1.89. The summed E-state index contributed by atoms with van der Waals surface area (Å²) in [7, 11) is 0. The Labute approximate surface area is 116 Å². The lowest BCUT2D eigenvalue weighted by atomic mass is 10.2. The summed E-state index contributed by atoms with van der Waals surface area (Å²) in [5, 5.41) is 0. The molecule has 2 N–H and O–H groups in total. The third-order valence-corrected chi connectivity index (χ3v) is 3.18. The fourth-order valence-electron chi connectivity index (χ4n) is 2.28. The highest BCUT2D eigenvalue weighted by Gasteiger charge is 2.22. The van der Waals surface area contributed by atoms with Gasteiger partial charge in [-0.2, -0.15) is 0 Å². The van der Waals surface area contributed by atoms with Crippen molar-refractivity contribution in [1.29, 1.82) is 0 Å². The first-order valence-corrected chi connectivity index (χ1v) is 5.73. The number of aromatic nitrogens is 1. The van der Waals surface area contributed by atoms with E-state index in [2.05, 4.69) is 16.0 Å². The van der Waals surface area contributed by atoms with Crippen LogP contribution < -0.4 is 5.73 Å². The van der Waals surface area contributed by atoms with Gasteiger partial charge in [-0.1, -0.05) is 6.07 Å². The van der Waals surface area contributed by atoms with Gasteiger partial charge in [0.25, 0.3) is 0 Å². The van der Waals surface area contributed by atoms with Crippen molar-refractivity contribution in [2.45, 2.75) is 25.3 Å². The zero-order valence-corrected chi connectivity index (χ0v) is 11.6. The van der Waals surface area contributed by atoms with Crippen LogP contribution in [-0.2, 0) is 6.42 Å². The highest BCUT2D eigenvalue weighted by molar-refractivity contribution is 5.85. The molecule has 1 atom stereocenters. The van der Waals surface area contributed by atoms with E-state index in [1.54, 1.807) is 0 Å². The zero-order chi connectivity index (χ0) is 10.5. The molecule has 0 bridgehead atoms. The van der Waals surface area contributed by atoms with Gasteiger partial charge in [0.15, 0.2) is 0 Å². The van der Waals surface area contributed by atoms with Crippen molar-refractivity contribution < 1.29 is 0 Å².